The molecule has 0 amide bonds. The lowest BCUT2D eigenvalue weighted by atomic mass is 10.0. The molecule has 0 saturated carbocycles. The number of aromatic nitrogens is 1. The first kappa shape index (κ1) is 24.9. The highest BCUT2D eigenvalue weighted by Crippen LogP contribution is 2.26. The van der Waals surface area contributed by atoms with E-state index < -0.39 is 0 Å². The summed E-state index contributed by atoms with van der Waals surface area (Å²) in [6.45, 7) is 8.97. The first-order valence-corrected chi connectivity index (χ1v) is 12.2. The van der Waals surface area contributed by atoms with Crippen LogP contribution in [0.1, 0.15) is 63.5 Å². The van der Waals surface area contributed by atoms with Gasteiger partial charge in [0.05, 0.1) is 11.8 Å². The lowest BCUT2D eigenvalue weighted by Gasteiger charge is -2.12. The number of hydrogen-bond acceptors (Lipinski definition) is 2. The van der Waals surface area contributed by atoms with E-state index in [-0.39, 0.29) is 5.82 Å². The van der Waals surface area contributed by atoms with Crippen molar-refractivity contribution in [2.45, 2.75) is 64.9 Å². The van der Waals surface area contributed by atoms with E-state index in [0.29, 0.717) is 23.8 Å². The third-order valence-electron chi connectivity index (χ3n) is 5.88. The van der Waals surface area contributed by atoms with Crippen LogP contribution >= 0.6 is 0 Å². The van der Waals surface area contributed by atoms with Crippen molar-refractivity contribution in [3.05, 3.63) is 84.3 Å². The van der Waals surface area contributed by atoms with Crippen LogP contribution < -0.4 is 0 Å². The molecule has 0 fully saturated rings. The second kappa shape index (κ2) is 13.1. The van der Waals surface area contributed by atoms with E-state index in [1.807, 2.05) is 18.3 Å². The van der Waals surface area contributed by atoms with Crippen LogP contribution in [0.15, 0.2) is 67.4 Å². The van der Waals surface area contributed by atoms with Crippen LogP contribution in [0.25, 0.3) is 28.1 Å². The van der Waals surface area contributed by atoms with Crippen LogP contribution in [-0.2, 0) is 11.2 Å². The first-order valence-electron chi connectivity index (χ1n) is 12.2. The van der Waals surface area contributed by atoms with Gasteiger partial charge >= 0.3 is 0 Å². The average molecular weight is 446 g/mol. The van der Waals surface area contributed by atoms with Crippen LogP contribution in [0.2, 0.25) is 0 Å². The summed E-state index contributed by atoms with van der Waals surface area (Å²) in [5.74, 6) is -0.249. The maximum atomic E-state index is 14.6. The number of halogens is 1. The molecule has 33 heavy (non-hydrogen) atoms. The summed E-state index contributed by atoms with van der Waals surface area (Å²) in [5.41, 5.74) is 3.25. The molecule has 0 aliphatic heterocycles. The van der Waals surface area contributed by atoms with Crippen molar-refractivity contribution in [3.63, 3.8) is 0 Å². The van der Waals surface area contributed by atoms with Crippen molar-refractivity contribution < 1.29 is 9.13 Å². The Bertz CT molecular complexity index is 1070. The molecule has 0 spiro atoms. The van der Waals surface area contributed by atoms with Gasteiger partial charge in [-0.3, -0.25) is 4.98 Å². The number of hydrogen-bond donors (Lipinski definition) is 0. The predicted octanol–water partition coefficient (Wildman–Crippen LogP) is 8.55. The third-order valence-corrected chi connectivity index (χ3v) is 5.88. The van der Waals surface area contributed by atoms with Crippen molar-refractivity contribution >= 4 is 16.8 Å². The summed E-state index contributed by atoms with van der Waals surface area (Å²) in [6.07, 6.45) is 15.9. The molecule has 0 saturated heterocycles. The molecule has 174 valence electrons. The molecule has 0 aliphatic carbocycles. The number of pyridine rings is 1. The molecule has 3 aromatic rings. The molecule has 0 bridgehead atoms. The molecule has 1 heterocycles. The monoisotopic (exact) mass is 445 g/mol. The molecule has 1 atom stereocenters. The fourth-order valence-corrected chi connectivity index (χ4v) is 3.93. The Morgan fingerprint density at radius 3 is 2.73 bits per heavy atom. The molecule has 3 rings (SSSR count). The number of unbranched alkanes of at least 4 members (excludes halogenated alkanes) is 3. The van der Waals surface area contributed by atoms with Gasteiger partial charge in [0.1, 0.15) is 5.82 Å². The molecular weight excluding hydrogens is 409 g/mol. The summed E-state index contributed by atoms with van der Waals surface area (Å²) < 4.78 is 20.4. The van der Waals surface area contributed by atoms with Crippen molar-refractivity contribution in [1.82, 2.24) is 4.98 Å². The van der Waals surface area contributed by atoms with E-state index in [9.17, 15) is 4.39 Å². The first-order chi connectivity index (χ1) is 16.1. The number of fused-ring (bicyclic) bond motifs is 1. The van der Waals surface area contributed by atoms with Crippen molar-refractivity contribution in [1.29, 1.82) is 0 Å². The van der Waals surface area contributed by atoms with Gasteiger partial charge in [-0.05, 0) is 79.8 Å². The highest BCUT2D eigenvalue weighted by molar-refractivity contribution is 5.87. The van der Waals surface area contributed by atoms with Crippen molar-refractivity contribution in [2.75, 3.05) is 6.61 Å². The summed E-state index contributed by atoms with van der Waals surface area (Å²) in [5, 5.41) is 2.11. The Morgan fingerprint density at radius 2 is 1.94 bits per heavy atom. The normalized spacial score (nSPS) is 12.5. The van der Waals surface area contributed by atoms with Gasteiger partial charge in [0.25, 0.3) is 0 Å². The molecule has 0 radical (unpaired) electrons. The van der Waals surface area contributed by atoms with Gasteiger partial charge < -0.3 is 4.74 Å². The third kappa shape index (κ3) is 7.64. The van der Waals surface area contributed by atoms with E-state index >= 15 is 0 Å². The maximum absolute atomic E-state index is 14.6. The van der Waals surface area contributed by atoms with Gasteiger partial charge in [-0.2, -0.15) is 0 Å². The SMILES string of the molecule is C=CCc1ccc(-c2cc3ccc(C=CCCCC(C)OCCCCC)cc3cn2)c(F)c1. The minimum Gasteiger partial charge on any atom is -0.379 e. The zero-order valence-corrected chi connectivity index (χ0v) is 20.0. The Kier molecular flexibility index (Phi) is 9.83. The molecule has 2 aromatic carbocycles. The van der Waals surface area contributed by atoms with Gasteiger partial charge in [0.15, 0.2) is 0 Å². The Morgan fingerprint density at radius 1 is 1.06 bits per heavy atom. The van der Waals surface area contributed by atoms with Crippen LogP contribution in [0, 0.1) is 5.82 Å². The molecule has 3 heteroatoms. The van der Waals surface area contributed by atoms with Crippen LogP contribution in [0.3, 0.4) is 0 Å². The topological polar surface area (TPSA) is 22.1 Å². The average Bonchev–Trinajstić information content (AvgIpc) is 2.81. The molecule has 1 unspecified atom stereocenters. The van der Waals surface area contributed by atoms with Crippen molar-refractivity contribution in [2.24, 2.45) is 0 Å². The molecular formula is C30H36FNO. The smallest absolute Gasteiger partial charge is 0.132 e. The Labute approximate surface area is 198 Å². The largest absolute Gasteiger partial charge is 0.379 e. The van der Waals surface area contributed by atoms with Gasteiger partial charge in [-0.25, -0.2) is 4.39 Å². The van der Waals surface area contributed by atoms with E-state index in [4.69, 9.17) is 4.74 Å². The number of ether oxygens (including phenoxy) is 1. The highest BCUT2D eigenvalue weighted by Gasteiger charge is 2.08. The fraction of sp³-hybridized carbons (Fsp3) is 0.367. The molecule has 0 aliphatic rings. The minimum atomic E-state index is -0.249. The highest BCUT2D eigenvalue weighted by atomic mass is 19.1. The van der Waals surface area contributed by atoms with Crippen LogP contribution in [-0.4, -0.2) is 17.7 Å². The van der Waals surface area contributed by atoms with Gasteiger partial charge in [-0.1, -0.05) is 56.2 Å². The second-order valence-corrected chi connectivity index (χ2v) is 8.70. The van der Waals surface area contributed by atoms with E-state index in [1.54, 1.807) is 18.2 Å². The van der Waals surface area contributed by atoms with Crippen LogP contribution in [0.4, 0.5) is 4.39 Å². The lowest BCUT2D eigenvalue weighted by molar-refractivity contribution is 0.0566. The zero-order valence-electron chi connectivity index (χ0n) is 20.0. The number of allylic oxidation sites excluding steroid dienone is 2. The van der Waals surface area contributed by atoms with Gasteiger partial charge in [0.2, 0.25) is 0 Å². The van der Waals surface area contributed by atoms with Gasteiger partial charge in [0, 0.05) is 23.8 Å². The number of nitrogens with zero attached hydrogens (tertiary/aromatic N) is 1. The molecule has 1 aromatic heterocycles. The second-order valence-electron chi connectivity index (χ2n) is 8.70. The summed E-state index contributed by atoms with van der Waals surface area (Å²) in [6, 6.07) is 13.6. The summed E-state index contributed by atoms with van der Waals surface area (Å²) in [7, 11) is 0. The maximum Gasteiger partial charge on any atom is 0.132 e. The van der Waals surface area contributed by atoms with Crippen molar-refractivity contribution in [3.8, 4) is 11.3 Å². The van der Waals surface area contributed by atoms with Crippen LogP contribution in [0.5, 0.6) is 0 Å². The van der Waals surface area contributed by atoms with Gasteiger partial charge in [-0.15, -0.1) is 6.58 Å². The fourth-order valence-electron chi connectivity index (χ4n) is 3.93. The van der Waals surface area contributed by atoms with E-state index in [2.05, 4.69) is 55.8 Å². The predicted molar refractivity (Wildman–Crippen MR) is 139 cm³/mol. The Balaban J connectivity index is 1.56. The summed E-state index contributed by atoms with van der Waals surface area (Å²) in [4.78, 5) is 4.52. The molecule has 2 nitrogen and oxygen atoms in total. The molecule has 0 N–H and O–H groups in total. The van der Waals surface area contributed by atoms with E-state index in [1.165, 1.54) is 12.8 Å². The Hall–Kier alpha value is -2.78. The number of benzene rings is 2. The number of rotatable bonds is 13. The quantitative estimate of drug-likeness (QED) is 0.194. The minimum absolute atomic E-state index is 0.249. The van der Waals surface area contributed by atoms with E-state index in [0.717, 1.165) is 54.2 Å². The standard InChI is InChI=1S/C30H36FNO/c1-4-6-10-18-33-23(3)12-8-7-9-13-25-14-16-26-21-30(32-22-27(26)19-25)28-17-15-24(11-5-2)20-29(28)31/h5,9,13-17,19-23H,2,4,6-8,10-12,18H2,1,3H3. The summed E-state index contributed by atoms with van der Waals surface area (Å²) >= 11 is 0. The zero-order chi connectivity index (χ0) is 23.5. The lowest BCUT2D eigenvalue weighted by Crippen LogP contribution is -2.08.